The van der Waals surface area contributed by atoms with Crippen molar-refractivity contribution in [1.29, 1.82) is 0 Å². The van der Waals surface area contributed by atoms with Gasteiger partial charge in [0, 0.05) is 22.5 Å². The number of fused-ring (bicyclic) bond motifs is 3. The Kier molecular flexibility index (Phi) is 1.70. The highest BCUT2D eigenvalue weighted by Gasteiger charge is 2.07. The summed E-state index contributed by atoms with van der Waals surface area (Å²) in [6, 6.07) is 4.91. The summed E-state index contributed by atoms with van der Waals surface area (Å²) in [7, 11) is 0. The van der Waals surface area contributed by atoms with E-state index in [4.69, 9.17) is 11.6 Å². The van der Waals surface area contributed by atoms with E-state index in [1.54, 1.807) is 18.5 Å². The number of benzene rings is 1. The average Bonchev–Trinajstić information content (AvgIpc) is 2.57. The third-order valence-electron chi connectivity index (χ3n) is 2.44. The molecule has 74 valence electrons. The lowest BCUT2D eigenvalue weighted by Gasteiger charge is -1.94. The van der Waals surface area contributed by atoms with Gasteiger partial charge in [-0.15, -0.1) is 0 Å². The molecule has 2 heterocycles. The van der Waals surface area contributed by atoms with Crippen LogP contribution in [0.15, 0.2) is 30.6 Å². The summed E-state index contributed by atoms with van der Waals surface area (Å²) in [6.45, 7) is 0. The van der Waals surface area contributed by atoms with Crippen molar-refractivity contribution in [2.45, 2.75) is 0 Å². The predicted octanol–water partition coefficient (Wildman–Crippen LogP) is 3.51. The smallest absolute Gasteiger partial charge is 0.143 e. The lowest BCUT2D eigenvalue weighted by Crippen LogP contribution is -1.76. The van der Waals surface area contributed by atoms with Gasteiger partial charge in [-0.3, -0.25) is 4.98 Å². The van der Waals surface area contributed by atoms with Gasteiger partial charge < -0.3 is 4.98 Å². The Morgan fingerprint density at radius 3 is 2.93 bits per heavy atom. The molecule has 0 radical (unpaired) electrons. The van der Waals surface area contributed by atoms with Crippen molar-refractivity contribution in [3.8, 4) is 0 Å². The van der Waals surface area contributed by atoms with Gasteiger partial charge in [0.2, 0.25) is 0 Å². The lowest BCUT2D eigenvalue weighted by molar-refractivity contribution is 0.630. The van der Waals surface area contributed by atoms with Crippen molar-refractivity contribution in [3.63, 3.8) is 0 Å². The molecule has 0 aliphatic carbocycles. The maximum absolute atomic E-state index is 13.2. The zero-order valence-electron chi connectivity index (χ0n) is 7.59. The Labute approximate surface area is 89.7 Å². The summed E-state index contributed by atoms with van der Waals surface area (Å²) in [5.41, 5.74) is 1.62. The van der Waals surface area contributed by atoms with Crippen LogP contribution in [0.5, 0.6) is 0 Å². The minimum atomic E-state index is -0.413. The summed E-state index contributed by atoms with van der Waals surface area (Å²) in [6.07, 6.45) is 3.41. The Morgan fingerprint density at radius 2 is 2.07 bits per heavy atom. The number of nitrogens with one attached hydrogen (secondary N) is 1. The van der Waals surface area contributed by atoms with Crippen LogP contribution >= 0.6 is 11.6 Å². The van der Waals surface area contributed by atoms with E-state index >= 15 is 0 Å². The minimum absolute atomic E-state index is 0.139. The van der Waals surface area contributed by atoms with E-state index < -0.39 is 5.82 Å². The second-order valence-corrected chi connectivity index (χ2v) is 3.77. The van der Waals surface area contributed by atoms with Crippen molar-refractivity contribution in [3.05, 3.63) is 41.4 Å². The van der Waals surface area contributed by atoms with Gasteiger partial charge >= 0.3 is 0 Å². The van der Waals surface area contributed by atoms with E-state index in [9.17, 15) is 4.39 Å². The molecule has 4 heteroatoms. The number of H-pyrrole nitrogens is 1. The molecule has 15 heavy (non-hydrogen) atoms. The Hall–Kier alpha value is -1.61. The van der Waals surface area contributed by atoms with Gasteiger partial charge in [0.25, 0.3) is 0 Å². The van der Waals surface area contributed by atoms with Crippen LogP contribution in [-0.2, 0) is 0 Å². The van der Waals surface area contributed by atoms with Crippen molar-refractivity contribution in [1.82, 2.24) is 9.97 Å². The SMILES string of the molecule is Fc1cc2[nH]c3cnccc3c2cc1Cl. The molecule has 0 saturated carbocycles. The molecule has 0 amide bonds. The van der Waals surface area contributed by atoms with Crippen molar-refractivity contribution in [2.75, 3.05) is 0 Å². The molecule has 0 bridgehead atoms. The molecule has 1 N–H and O–H groups in total. The Bertz CT molecular complexity index is 660. The van der Waals surface area contributed by atoms with E-state index in [0.717, 1.165) is 21.8 Å². The zero-order chi connectivity index (χ0) is 10.4. The van der Waals surface area contributed by atoms with Crippen molar-refractivity contribution < 1.29 is 4.39 Å². The van der Waals surface area contributed by atoms with Crippen LogP contribution in [0.1, 0.15) is 0 Å². The standard InChI is InChI=1S/C11H6ClFN2/c12-8-3-7-6-1-2-14-5-11(6)15-10(7)4-9(8)13/h1-5,15H. The molecule has 0 atom stereocenters. The first kappa shape index (κ1) is 8.68. The summed E-state index contributed by atoms with van der Waals surface area (Å²) in [5.74, 6) is -0.413. The highest BCUT2D eigenvalue weighted by Crippen LogP contribution is 2.28. The quantitative estimate of drug-likeness (QED) is 0.617. The van der Waals surface area contributed by atoms with E-state index in [2.05, 4.69) is 9.97 Å². The molecule has 0 fully saturated rings. The average molecular weight is 221 g/mol. The number of pyridine rings is 1. The summed E-state index contributed by atoms with van der Waals surface area (Å²) < 4.78 is 13.2. The molecule has 0 unspecified atom stereocenters. The normalized spacial score (nSPS) is 11.3. The molecule has 3 aromatic rings. The molecule has 2 nitrogen and oxygen atoms in total. The molecular formula is C11H6ClFN2. The van der Waals surface area contributed by atoms with Crippen LogP contribution in [0.2, 0.25) is 5.02 Å². The fourth-order valence-corrected chi connectivity index (χ4v) is 1.91. The second kappa shape index (κ2) is 2.94. The second-order valence-electron chi connectivity index (χ2n) is 3.36. The van der Waals surface area contributed by atoms with Gasteiger partial charge in [-0.05, 0) is 18.2 Å². The van der Waals surface area contributed by atoms with E-state index in [1.807, 2.05) is 6.07 Å². The van der Waals surface area contributed by atoms with Crippen LogP contribution in [0.4, 0.5) is 4.39 Å². The molecule has 1 aromatic carbocycles. The number of rotatable bonds is 0. The monoisotopic (exact) mass is 220 g/mol. The summed E-state index contributed by atoms with van der Waals surface area (Å²) >= 11 is 5.74. The maximum Gasteiger partial charge on any atom is 0.143 e. The number of nitrogens with zero attached hydrogens (tertiary/aromatic N) is 1. The maximum atomic E-state index is 13.2. The first-order valence-electron chi connectivity index (χ1n) is 4.46. The Morgan fingerprint density at radius 1 is 1.20 bits per heavy atom. The highest BCUT2D eigenvalue weighted by molar-refractivity contribution is 6.32. The molecule has 0 spiro atoms. The highest BCUT2D eigenvalue weighted by atomic mass is 35.5. The van der Waals surface area contributed by atoms with Crippen LogP contribution in [0, 0.1) is 5.82 Å². The number of hydrogen-bond donors (Lipinski definition) is 1. The molecule has 2 aromatic heterocycles. The third-order valence-corrected chi connectivity index (χ3v) is 2.73. The first-order valence-corrected chi connectivity index (χ1v) is 4.84. The third kappa shape index (κ3) is 1.20. The van der Waals surface area contributed by atoms with E-state index in [1.165, 1.54) is 6.07 Å². The van der Waals surface area contributed by atoms with Crippen molar-refractivity contribution >= 4 is 33.4 Å². The predicted molar refractivity (Wildman–Crippen MR) is 58.6 cm³/mol. The van der Waals surface area contributed by atoms with Crippen LogP contribution in [-0.4, -0.2) is 9.97 Å². The van der Waals surface area contributed by atoms with Gasteiger partial charge in [-0.2, -0.15) is 0 Å². The fourth-order valence-electron chi connectivity index (χ4n) is 1.75. The van der Waals surface area contributed by atoms with Gasteiger partial charge in [-0.1, -0.05) is 11.6 Å². The topological polar surface area (TPSA) is 28.7 Å². The zero-order valence-corrected chi connectivity index (χ0v) is 8.35. The number of hydrogen-bond acceptors (Lipinski definition) is 1. The van der Waals surface area contributed by atoms with E-state index in [0.29, 0.717) is 0 Å². The van der Waals surface area contributed by atoms with E-state index in [-0.39, 0.29) is 5.02 Å². The van der Waals surface area contributed by atoms with Crippen LogP contribution in [0.3, 0.4) is 0 Å². The summed E-state index contributed by atoms with van der Waals surface area (Å²) in [4.78, 5) is 7.08. The fraction of sp³-hybridized carbons (Fsp3) is 0. The largest absolute Gasteiger partial charge is 0.353 e. The molecule has 0 saturated heterocycles. The minimum Gasteiger partial charge on any atom is -0.353 e. The van der Waals surface area contributed by atoms with Gasteiger partial charge in [0.1, 0.15) is 5.82 Å². The van der Waals surface area contributed by atoms with Crippen LogP contribution in [0.25, 0.3) is 21.8 Å². The molecule has 3 rings (SSSR count). The summed E-state index contributed by atoms with van der Waals surface area (Å²) in [5, 5.41) is 2.06. The van der Waals surface area contributed by atoms with Gasteiger partial charge in [0.15, 0.2) is 0 Å². The molecular weight excluding hydrogens is 215 g/mol. The number of aromatic amines is 1. The lowest BCUT2D eigenvalue weighted by atomic mass is 10.2. The van der Waals surface area contributed by atoms with Crippen LogP contribution < -0.4 is 0 Å². The van der Waals surface area contributed by atoms with Crippen molar-refractivity contribution in [2.24, 2.45) is 0 Å². The van der Waals surface area contributed by atoms with Gasteiger partial charge in [-0.25, -0.2) is 4.39 Å². The van der Waals surface area contributed by atoms with Gasteiger partial charge in [0.05, 0.1) is 16.7 Å². The number of aromatic nitrogens is 2. The number of halogens is 2. The molecule has 0 aliphatic rings. The Balaban J connectivity index is 2.56. The molecule has 0 aliphatic heterocycles. The first-order chi connectivity index (χ1) is 7.25.